The van der Waals surface area contributed by atoms with E-state index < -0.39 is 0 Å². The molecule has 17 heavy (non-hydrogen) atoms. The van der Waals surface area contributed by atoms with Crippen LogP contribution in [0.5, 0.6) is 5.75 Å². The van der Waals surface area contributed by atoms with Gasteiger partial charge in [0.1, 0.15) is 5.75 Å². The maximum Gasteiger partial charge on any atom is 0.215 e. The average Bonchev–Trinajstić information content (AvgIpc) is 2.78. The molecule has 1 aromatic carbocycles. The first-order chi connectivity index (χ1) is 8.20. The molecule has 0 saturated carbocycles. The minimum Gasteiger partial charge on any atom is -0.508 e. The number of tetrazole rings is 1. The standard InChI is InChI=1S/C10H9N5OS/c1-7(6-11)17-10-12-13-14-15(10)8-2-4-9(16)5-3-8/h2-5,7,16H,1H3/t7-/m0/s1. The minimum atomic E-state index is -0.225. The highest BCUT2D eigenvalue weighted by Gasteiger charge is 2.12. The molecule has 1 atom stereocenters. The van der Waals surface area contributed by atoms with Crippen molar-refractivity contribution in [3.05, 3.63) is 24.3 Å². The van der Waals surface area contributed by atoms with Crippen LogP contribution >= 0.6 is 11.8 Å². The van der Waals surface area contributed by atoms with Crippen LogP contribution in [0.15, 0.2) is 29.4 Å². The zero-order valence-corrected chi connectivity index (χ0v) is 9.79. The average molecular weight is 247 g/mol. The SMILES string of the molecule is C[C@@H](C#N)Sc1nnnn1-c1ccc(O)cc1. The second kappa shape index (κ2) is 4.84. The Bertz CT molecular complexity index is 545. The Morgan fingerprint density at radius 2 is 2.12 bits per heavy atom. The van der Waals surface area contributed by atoms with Crippen molar-refractivity contribution in [2.24, 2.45) is 0 Å². The van der Waals surface area contributed by atoms with Crippen molar-refractivity contribution >= 4 is 11.8 Å². The quantitative estimate of drug-likeness (QED) is 0.824. The first kappa shape index (κ1) is 11.4. The predicted molar refractivity (Wildman–Crippen MR) is 61.8 cm³/mol. The van der Waals surface area contributed by atoms with Crippen LogP contribution in [0, 0.1) is 11.3 Å². The molecule has 0 spiro atoms. The smallest absolute Gasteiger partial charge is 0.215 e. The molecule has 1 heterocycles. The van der Waals surface area contributed by atoms with Gasteiger partial charge in [-0.3, -0.25) is 0 Å². The fourth-order valence-corrected chi connectivity index (χ4v) is 1.89. The number of phenolic OH excluding ortho intramolecular Hbond substituents is 1. The molecule has 0 aliphatic heterocycles. The first-order valence-electron chi connectivity index (χ1n) is 4.85. The predicted octanol–water partition coefficient (Wildman–Crippen LogP) is 1.37. The van der Waals surface area contributed by atoms with Gasteiger partial charge < -0.3 is 5.11 Å². The van der Waals surface area contributed by atoms with Crippen molar-refractivity contribution in [1.82, 2.24) is 20.2 Å². The normalized spacial score (nSPS) is 12.0. The van der Waals surface area contributed by atoms with Crippen molar-refractivity contribution in [1.29, 1.82) is 5.26 Å². The number of phenols is 1. The lowest BCUT2D eigenvalue weighted by Crippen LogP contribution is -2.01. The summed E-state index contributed by atoms with van der Waals surface area (Å²) in [6, 6.07) is 8.62. The van der Waals surface area contributed by atoms with Crippen LogP contribution in [0.4, 0.5) is 0 Å². The largest absolute Gasteiger partial charge is 0.508 e. The molecule has 0 bridgehead atoms. The van der Waals surface area contributed by atoms with Gasteiger partial charge in [0.05, 0.1) is 17.0 Å². The molecule has 0 amide bonds. The Labute approximate surface area is 102 Å². The van der Waals surface area contributed by atoms with Gasteiger partial charge in [-0.15, -0.1) is 5.10 Å². The molecular formula is C10H9N5OS. The highest BCUT2D eigenvalue weighted by atomic mass is 32.2. The summed E-state index contributed by atoms with van der Waals surface area (Å²) in [7, 11) is 0. The molecule has 1 N–H and O–H groups in total. The van der Waals surface area contributed by atoms with Crippen LogP contribution in [0.1, 0.15) is 6.92 Å². The molecule has 0 aliphatic rings. The Morgan fingerprint density at radius 1 is 1.41 bits per heavy atom. The van der Waals surface area contributed by atoms with Crippen molar-refractivity contribution in [2.45, 2.75) is 17.3 Å². The monoisotopic (exact) mass is 247 g/mol. The number of thioether (sulfide) groups is 1. The van der Waals surface area contributed by atoms with Gasteiger partial charge in [-0.2, -0.15) is 9.94 Å². The number of hydrogen-bond donors (Lipinski definition) is 1. The van der Waals surface area contributed by atoms with E-state index >= 15 is 0 Å². The number of aromatic hydroxyl groups is 1. The first-order valence-corrected chi connectivity index (χ1v) is 5.72. The van der Waals surface area contributed by atoms with Gasteiger partial charge in [-0.1, -0.05) is 11.8 Å². The lowest BCUT2D eigenvalue weighted by atomic mass is 10.3. The van der Waals surface area contributed by atoms with E-state index in [9.17, 15) is 5.11 Å². The van der Waals surface area contributed by atoms with Gasteiger partial charge in [-0.05, 0) is 41.6 Å². The number of rotatable bonds is 3. The van der Waals surface area contributed by atoms with E-state index in [0.29, 0.717) is 5.16 Å². The fraction of sp³-hybridized carbons (Fsp3) is 0.200. The third kappa shape index (κ3) is 2.54. The van der Waals surface area contributed by atoms with Gasteiger partial charge >= 0.3 is 0 Å². The Hall–Kier alpha value is -2.07. The lowest BCUT2D eigenvalue weighted by Gasteiger charge is -2.04. The summed E-state index contributed by atoms with van der Waals surface area (Å²) in [5.74, 6) is 0.182. The van der Waals surface area contributed by atoms with Crippen LogP contribution in [-0.4, -0.2) is 30.6 Å². The molecule has 7 heteroatoms. The van der Waals surface area contributed by atoms with Gasteiger partial charge in [0.25, 0.3) is 0 Å². The van der Waals surface area contributed by atoms with Crippen molar-refractivity contribution in [3.8, 4) is 17.5 Å². The van der Waals surface area contributed by atoms with E-state index in [1.165, 1.54) is 16.4 Å². The van der Waals surface area contributed by atoms with Crippen LogP contribution in [0.25, 0.3) is 5.69 Å². The van der Waals surface area contributed by atoms with Crippen molar-refractivity contribution < 1.29 is 5.11 Å². The van der Waals surface area contributed by atoms with Crippen molar-refractivity contribution in [3.63, 3.8) is 0 Å². The Kier molecular flexibility index (Phi) is 3.25. The molecule has 2 aromatic rings. The lowest BCUT2D eigenvalue weighted by molar-refractivity contribution is 0.475. The molecule has 0 fully saturated rings. The van der Waals surface area contributed by atoms with E-state index in [0.717, 1.165) is 5.69 Å². The molecule has 1 aromatic heterocycles. The van der Waals surface area contributed by atoms with Crippen LogP contribution in [-0.2, 0) is 0 Å². The Balaban J connectivity index is 2.31. The summed E-state index contributed by atoms with van der Waals surface area (Å²) in [6.45, 7) is 1.78. The summed E-state index contributed by atoms with van der Waals surface area (Å²) in [4.78, 5) is 0. The van der Waals surface area contributed by atoms with E-state index in [1.807, 2.05) is 0 Å². The molecule has 0 radical (unpaired) electrons. The summed E-state index contributed by atoms with van der Waals surface area (Å²) < 4.78 is 1.53. The third-order valence-corrected chi connectivity index (χ3v) is 2.92. The van der Waals surface area contributed by atoms with Crippen LogP contribution in [0.2, 0.25) is 0 Å². The number of nitriles is 1. The molecule has 6 nitrogen and oxygen atoms in total. The maximum absolute atomic E-state index is 9.20. The van der Waals surface area contributed by atoms with Crippen LogP contribution < -0.4 is 0 Å². The highest BCUT2D eigenvalue weighted by Crippen LogP contribution is 2.22. The number of aromatic nitrogens is 4. The minimum absolute atomic E-state index is 0.182. The second-order valence-corrected chi connectivity index (χ2v) is 4.59. The molecular weight excluding hydrogens is 238 g/mol. The summed E-state index contributed by atoms with van der Waals surface area (Å²) >= 11 is 1.28. The zero-order chi connectivity index (χ0) is 12.3. The zero-order valence-electron chi connectivity index (χ0n) is 8.98. The van der Waals surface area contributed by atoms with E-state index in [-0.39, 0.29) is 11.0 Å². The summed E-state index contributed by atoms with van der Waals surface area (Å²) in [6.07, 6.45) is 0. The summed E-state index contributed by atoms with van der Waals surface area (Å²) in [5, 5.41) is 29.5. The van der Waals surface area contributed by atoms with Crippen molar-refractivity contribution in [2.75, 3.05) is 0 Å². The number of benzene rings is 1. The van der Waals surface area contributed by atoms with Crippen LogP contribution in [0.3, 0.4) is 0 Å². The fourth-order valence-electron chi connectivity index (χ4n) is 1.19. The number of nitrogens with zero attached hydrogens (tertiary/aromatic N) is 5. The topological polar surface area (TPSA) is 87.6 Å². The molecule has 2 rings (SSSR count). The van der Waals surface area contributed by atoms with Gasteiger partial charge in [0, 0.05) is 0 Å². The van der Waals surface area contributed by atoms with E-state index in [1.54, 1.807) is 31.2 Å². The second-order valence-electron chi connectivity index (χ2n) is 3.28. The van der Waals surface area contributed by atoms with E-state index in [4.69, 9.17) is 5.26 Å². The molecule has 86 valence electrons. The maximum atomic E-state index is 9.20. The van der Waals surface area contributed by atoms with Gasteiger partial charge in [0.15, 0.2) is 0 Å². The highest BCUT2D eigenvalue weighted by molar-refractivity contribution is 8.00. The van der Waals surface area contributed by atoms with Gasteiger partial charge in [-0.25, -0.2) is 0 Å². The summed E-state index contributed by atoms with van der Waals surface area (Å²) in [5.41, 5.74) is 0.737. The van der Waals surface area contributed by atoms with E-state index in [2.05, 4.69) is 21.6 Å². The Morgan fingerprint density at radius 3 is 2.76 bits per heavy atom. The molecule has 0 unspecified atom stereocenters. The molecule has 0 aliphatic carbocycles. The number of hydrogen-bond acceptors (Lipinski definition) is 6. The third-order valence-electron chi connectivity index (χ3n) is 2.00. The van der Waals surface area contributed by atoms with Gasteiger partial charge in [0.2, 0.25) is 5.16 Å². The molecule has 0 saturated heterocycles.